The number of non-ortho nitro benzene ring substituents is 1. The quantitative estimate of drug-likeness (QED) is 0.401. The van der Waals surface area contributed by atoms with E-state index in [1.54, 1.807) is 17.0 Å². The highest BCUT2D eigenvalue weighted by Gasteiger charge is 2.36. The molecule has 0 fully saturated rings. The maximum Gasteiger partial charge on any atom is 0.269 e. The van der Waals surface area contributed by atoms with Gasteiger partial charge in [0.05, 0.1) is 11.0 Å². The number of rotatable bonds is 5. The van der Waals surface area contributed by atoms with Crippen molar-refractivity contribution in [3.8, 4) is 0 Å². The van der Waals surface area contributed by atoms with Crippen LogP contribution in [0, 0.1) is 15.9 Å². The Morgan fingerprint density at radius 2 is 1.80 bits per heavy atom. The minimum Gasteiger partial charge on any atom is -0.348 e. The van der Waals surface area contributed by atoms with E-state index in [0.29, 0.717) is 13.1 Å². The number of nitrogens with zero attached hydrogens (tertiary/aromatic N) is 4. The topological polar surface area (TPSA) is 88.7 Å². The predicted octanol–water partition coefficient (Wildman–Crippen LogP) is 4.41. The highest BCUT2D eigenvalue weighted by molar-refractivity contribution is 5.97. The molecule has 8 nitrogen and oxygen atoms in total. The van der Waals surface area contributed by atoms with Crippen molar-refractivity contribution >= 4 is 17.5 Å². The number of aromatic nitrogens is 1. The molecule has 1 aliphatic rings. The number of hydrogen-bond donors (Lipinski definition) is 0. The monoisotopic (exact) mass is 478 g/mol. The summed E-state index contributed by atoms with van der Waals surface area (Å²) in [5.41, 5.74) is 1.07. The first-order valence-corrected chi connectivity index (χ1v) is 11.3. The molecule has 182 valence electrons. The Bertz CT molecular complexity index is 1260. The van der Waals surface area contributed by atoms with Crippen LogP contribution < -0.4 is 0 Å². The molecular weight excluding hydrogens is 451 g/mol. The number of carbonyl (C=O) groups excluding carboxylic acids is 2. The van der Waals surface area contributed by atoms with E-state index in [1.807, 2.05) is 39.1 Å². The Balaban J connectivity index is 1.66. The molecule has 1 unspecified atom stereocenters. The Kier molecular flexibility index (Phi) is 6.43. The number of fused-ring (bicyclic) bond motifs is 1. The number of hydrogen-bond acceptors (Lipinski definition) is 4. The van der Waals surface area contributed by atoms with Crippen LogP contribution in [0.4, 0.5) is 10.1 Å². The van der Waals surface area contributed by atoms with E-state index < -0.39 is 28.2 Å². The molecule has 1 aliphatic heterocycles. The highest BCUT2D eigenvalue weighted by atomic mass is 19.1. The van der Waals surface area contributed by atoms with E-state index in [-0.39, 0.29) is 23.7 Å². The van der Waals surface area contributed by atoms with E-state index in [1.165, 1.54) is 41.3 Å². The van der Waals surface area contributed by atoms with E-state index in [4.69, 9.17) is 0 Å². The number of amides is 2. The van der Waals surface area contributed by atoms with Crippen molar-refractivity contribution < 1.29 is 18.9 Å². The van der Waals surface area contributed by atoms with Crippen molar-refractivity contribution in [3.05, 3.63) is 99.6 Å². The Labute approximate surface area is 202 Å². The molecule has 2 amide bonds. The molecule has 1 aromatic heterocycles. The molecule has 0 aliphatic carbocycles. The summed E-state index contributed by atoms with van der Waals surface area (Å²) in [5.74, 6) is -1.22. The lowest BCUT2D eigenvalue weighted by Gasteiger charge is -2.41. The number of nitro benzene ring substituents is 1. The third-order valence-corrected chi connectivity index (χ3v) is 6.20. The van der Waals surface area contributed by atoms with E-state index in [0.717, 1.165) is 11.3 Å². The van der Waals surface area contributed by atoms with Gasteiger partial charge in [-0.05, 0) is 68.8 Å². The molecule has 9 heteroatoms. The van der Waals surface area contributed by atoms with Gasteiger partial charge >= 0.3 is 0 Å². The molecule has 0 saturated heterocycles. The molecule has 0 spiro atoms. The van der Waals surface area contributed by atoms with Crippen LogP contribution in [0.2, 0.25) is 0 Å². The number of carbonyl (C=O) groups is 2. The van der Waals surface area contributed by atoms with E-state index in [9.17, 15) is 24.1 Å². The van der Waals surface area contributed by atoms with Crippen molar-refractivity contribution in [3.63, 3.8) is 0 Å². The summed E-state index contributed by atoms with van der Waals surface area (Å²) < 4.78 is 15.8. The average Bonchev–Trinajstić information content (AvgIpc) is 3.29. The second-order valence-electron chi connectivity index (χ2n) is 9.54. The van der Waals surface area contributed by atoms with Crippen molar-refractivity contribution in [2.75, 3.05) is 13.1 Å². The maximum atomic E-state index is 13.8. The minimum absolute atomic E-state index is 0.0302. The van der Waals surface area contributed by atoms with Gasteiger partial charge in [-0.2, -0.15) is 0 Å². The first-order chi connectivity index (χ1) is 16.6. The van der Waals surface area contributed by atoms with Gasteiger partial charge in [-0.1, -0.05) is 6.07 Å². The first-order valence-electron chi connectivity index (χ1n) is 11.3. The molecule has 0 N–H and O–H groups in total. The van der Waals surface area contributed by atoms with Crippen LogP contribution in [0.1, 0.15) is 48.4 Å². The lowest BCUT2D eigenvalue weighted by Crippen LogP contribution is -2.53. The summed E-state index contributed by atoms with van der Waals surface area (Å²) in [6.45, 7) is 6.29. The zero-order chi connectivity index (χ0) is 25.3. The summed E-state index contributed by atoms with van der Waals surface area (Å²) in [6, 6.07) is 15.0. The summed E-state index contributed by atoms with van der Waals surface area (Å²) in [6.07, 6.45) is 1.93. The molecule has 2 aromatic carbocycles. The first kappa shape index (κ1) is 24.1. The van der Waals surface area contributed by atoms with Crippen LogP contribution in [0.25, 0.3) is 0 Å². The van der Waals surface area contributed by atoms with Crippen LogP contribution in [0.15, 0.2) is 66.9 Å². The second kappa shape index (κ2) is 9.32. The molecular formula is C26H27FN4O4. The maximum absolute atomic E-state index is 13.8. The molecule has 0 bridgehead atoms. The lowest BCUT2D eigenvalue weighted by molar-refractivity contribution is -0.384. The van der Waals surface area contributed by atoms with Crippen molar-refractivity contribution in [2.24, 2.45) is 0 Å². The third-order valence-electron chi connectivity index (χ3n) is 6.20. The van der Waals surface area contributed by atoms with Crippen molar-refractivity contribution in [2.45, 2.75) is 38.9 Å². The van der Waals surface area contributed by atoms with Gasteiger partial charge in [-0.15, -0.1) is 0 Å². The standard InChI is InChI=1S/C26H27FN4O4/c1-26(2,3)30(25(33)19-6-4-7-20(27)16-19)17-23(32)29-15-14-28-13-5-8-22(28)24(29)18-9-11-21(12-10-18)31(34)35/h4-13,16,24H,14-15,17H2,1-3H3. The normalized spacial score (nSPS) is 15.4. The van der Waals surface area contributed by atoms with Gasteiger partial charge < -0.3 is 14.4 Å². The summed E-state index contributed by atoms with van der Waals surface area (Å²) in [5, 5.41) is 11.1. The molecule has 2 heterocycles. The summed E-state index contributed by atoms with van der Waals surface area (Å²) >= 11 is 0. The number of benzene rings is 2. The Hall–Kier alpha value is -4.01. The summed E-state index contributed by atoms with van der Waals surface area (Å²) in [7, 11) is 0. The molecule has 4 rings (SSSR count). The molecule has 3 aromatic rings. The minimum atomic E-state index is -0.697. The van der Waals surface area contributed by atoms with Gasteiger partial charge in [0, 0.05) is 48.2 Å². The van der Waals surface area contributed by atoms with Gasteiger partial charge in [-0.3, -0.25) is 19.7 Å². The van der Waals surface area contributed by atoms with Gasteiger partial charge in [-0.25, -0.2) is 4.39 Å². The predicted molar refractivity (Wildman–Crippen MR) is 128 cm³/mol. The number of halogens is 1. The Morgan fingerprint density at radius 3 is 2.43 bits per heavy atom. The van der Waals surface area contributed by atoms with Gasteiger partial charge in [0.15, 0.2) is 0 Å². The fourth-order valence-electron chi connectivity index (χ4n) is 4.40. The van der Waals surface area contributed by atoms with Gasteiger partial charge in [0.25, 0.3) is 11.6 Å². The lowest BCUT2D eigenvalue weighted by atomic mass is 9.98. The molecule has 1 atom stereocenters. The zero-order valence-corrected chi connectivity index (χ0v) is 19.8. The van der Waals surface area contributed by atoms with Crippen LogP contribution in [0.3, 0.4) is 0 Å². The molecule has 0 radical (unpaired) electrons. The Morgan fingerprint density at radius 1 is 1.09 bits per heavy atom. The van der Waals surface area contributed by atoms with Crippen molar-refractivity contribution in [1.82, 2.24) is 14.4 Å². The van der Waals surface area contributed by atoms with Crippen molar-refractivity contribution in [1.29, 1.82) is 0 Å². The molecule has 35 heavy (non-hydrogen) atoms. The van der Waals surface area contributed by atoms with Crippen LogP contribution >= 0.6 is 0 Å². The fraction of sp³-hybridized carbons (Fsp3) is 0.308. The van der Waals surface area contributed by atoms with Crippen LogP contribution in [-0.4, -0.2) is 49.7 Å². The number of nitro groups is 1. The average molecular weight is 479 g/mol. The summed E-state index contributed by atoms with van der Waals surface area (Å²) in [4.78, 5) is 40.8. The van der Waals surface area contributed by atoms with E-state index >= 15 is 0 Å². The van der Waals surface area contributed by atoms with Gasteiger partial charge in [0.1, 0.15) is 12.4 Å². The SMILES string of the molecule is CC(C)(C)N(CC(=O)N1CCn2cccc2C1c1ccc([N+](=O)[O-])cc1)C(=O)c1cccc(F)c1. The van der Waals surface area contributed by atoms with Gasteiger partial charge in [0.2, 0.25) is 5.91 Å². The van der Waals surface area contributed by atoms with Crippen LogP contribution in [-0.2, 0) is 11.3 Å². The largest absolute Gasteiger partial charge is 0.348 e. The second-order valence-corrected chi connectivity index (χ2v) is 9.54. The smallest absolute Gasteiger partial charge is 0.269 e. The zero-order valence-electron chi connectivity index (χ0n) is 19.8. The van der Waals surface area contributed by atoms with E-state index in [2.05, 4.69) is 4.57 Å². The molecule has 0 saturated carbocycles. The van der Waals surface area contributed by atoms with Crippen LogP contribution in [0.5, 0.6) is 0 Å². The fourth-order valence-corrected chi connectivity index (χ4v) is 4.40. The highest BCUT2D eigenvalue weighted by Crippen LogP contribution is 2.34. The third kappa shape index (κ3) is 4.94.